The second kappa shape index (κ2) is 9.40. The summed E-state index contributed by atoms with van der Waals surface area (Å²) in [4.78, 5) is 51.0. The summed E-state index contributed by atoms with van der Waals surface area (Å²) in [6.45, 7) is 6.65. The zero-order valence-electron chi connectivity index (χ0n) is 21.8. The third-order valence-corrected chi connectivity index (χ3v) is 8.04. The van der Waals surface area contributed by atoms with Crippen LogP contribution in [-0.4, -0.2) is 56.4 Å². The molecule has 3 N–H and O–H groups in total. The number of piperidine rings is 1. The Hall–Kier alpha value is -3.98. The number of benzene rings is 1. The van der Waals surface area contributed by atoms with Crippen LogP contribution in [0.2, 0.25) is 0 Å². The molecule has 1 aromatic carbocycles. The summed E-state index contributed by atoms with van der Waals surface area (Å²) in [5.41, 5.74) is 3.33. The predicted molar refractivity (Wildman–Crippen MR) is 146 cm³/mol. The first kappa shape index (κ1) is 24.4. The number of aryl methyl sites for hydroxylation is 2. The quantitative estimate of drug-likeness (QED) is 0.389. The lowest BCUT2D eigenvalue weighted by Gasteiger charge is -2.41. The van der Waals surface area contributed by atoms with E-state index in [9.17, 15) is 14.4 Å². The van der Waals surface area contributed by atoms with Gasteiger partial charge in [-0.2, -0.15) is 0 Å². The van der Waals surface area contributed by atoms with Gasteiger partial charge >= 0.3 is 0 Å². The number of nitrogens with one attached hydrogen (secondary N) is 3. The van der Waals surface area contributed by atoms with Crippen molar-refractivity contribution in [3.8, 4) is 0 Å². The van der Waals surface area contributed by atoms with Crippen molar-refractivity contribution in [1.82, 2.24) is 30.1 Å². The molecule has 0 bridgehead atoms. The van der Waals surface area contributed by atoms with Gasteiger partial charge in [0.25, 0.3) is 5.91 Å². The minimum atomic E-state index is -1.07. The van der Waals surface area contributed by atoms with Crippen molar-refractivity contribution in [1.29, 1.82) is 0 Å². The molecular weight excluding hydrogens is 480 g/mol. The van der Waals surface area contributed by atoms with E-state index in [4.69, 9.17) is 0 Å². The number of aromatic nitrogens is 3. The molecule has 2 aliphatic rings. The Balaban J connectivity index is 1.32. The molecule has 196 valence electrons. The lowest BCUT2D eigenvalue weighted by atomic mass is 9.85. The molecule has 0 atom stereocenters. The molecule has 4 aromatic rings. The summed E-state index contributed by atoms with van der Waals surface area (Å²) in [5.74, 6) is -0.608. The highest BCUT2D eigenvalue weighted by atomic mass is 16.2. The number of nitrogens with zero attached hydrogens (tertiary/aromatic N) is 3. The van der Waals surface area contributed by atoms with Crippen LogP contribution in [0.3, 0.4) is 0 Å². The second-order valence-electron chi connectivity index (χ2n) is 10.4. The highest BCUT2D eigenvalue weighted by Crippen LogP contribution is 2.30. The van der Waals surface area contributed by atoms with Crippen LogP contribution in [0.5, 0.6) is 0 Å². The molecule has 6 rings (SSSR count). The third kappa shape index (κ3) is 3.98. The fourth-order valence-corrected chi connectivity index (χ4v) is 5.96. The molecule has 2 aliphatic heterocycles. The Kier molecular flexibility index (Phi) is 6.03. The maximum absolute atomic E-state index is 14.1. The van der Waals surface area contributed by atoms with E-state index in [2.05, 4.69) is 32.7 Å². The van der Waals surface area contributed by atoms with Crippen molar-refractivity contribution in [2.24, 2.45) is 0 Å². The number of carbonyl (C=O) groups excluding carboxylic acids is 2. The minimum absolute atomic E-state index is 0.0345. The van der Waals surface area contributed by atoms with Crippen LogP contribution in [0.25, 0.3) is 21.9 Å². The predicted octanol–water partition coefficient (Wildman–Crippen LogP) is 2.64. The molecule has 3 aromatic heterocycles. The Bertz CT molecular complexity index is 1630. The maximum Gasteiger partial charge on any atom is 0.257 e. The van der Waals surface area contributed by atoms with E-state index in [1.165, 1.54) is 10.9 Å². The smallest absolute Gasteiger partial charge is 0.257 e. The number of hydrogen-bond acceptors (Lipinski definition) is 5. The number of rotatable bonds is 4. The molecule has 0 spiro atoms. The van der Waals surface area contributed by atoms with Gasteiger partial charge in [-0.25, -0.2) is 4.98 Å². The van der Waals surface area contributed by atoms with Crippen LogP contribution in [0.4, 0.5) is 0 Å². The Morgan fingerprint density at radius 2 is 1.89 bits per heavy atom. The topological polar surface area (TPSA) is 112 Å². The first-order valence-corrected chi connectivity index (χ1v) is 13.3. The minimum Gasteiger partial charge on any atom is -0.357 e. The van der Waals surface area contributed by atoms with Crippen molar-refractivity contribution >= 4 is 33.8 Å². The number of aromatic amines is 1. The van der Waals surface area contributed by atoms with Crippen LogP contribution in [0, 0.1) is 6.92 Å². The van der Waals surface area contributed by atoms with Gasteiger partial charge in [0.2, 0.25) is 11.3 Å². The van der Waals surface area contributed by atoms with Gasteiger partial charge in [0.05, 0.1) is 11.9 Å². The molecule has 2 amide bonds. The first-order valence-electron chi connectivity index (χ1n) is 13.3. The Labute approximate surface area is 220 Å². The van der Waals surface area contributed by atoms with Gasteiger partial charge in [-0.05, 0) is 70.0 Å². The summed E-state index contributed by atoms with van der Waals surface area (Å²) in [7, 11) is 0. The van der Waals surface area contributed by atoms with E-state index in [-0.39, 0.29) is 16.9 Å². The van der Waals surface area contributed by atoms with E-state index in [0.29, 0.717) is 56.6 Å². The largest absolute Gasteiger partial charge is 0.357 e. The van der Waals surface area contributed by atoms with E-state index >= 15 is 0 Å². The summed E-state index contributed by atoms with van der Waals surface area (Å²) in [5, 5.41) is 7.95. The summed E-state index contributed by atoms with van der Waals surface area (Å²) in [6.07, 6.45) is 3.25. The number of H-pyrrole nitrogens is 1. The summed E-state index contributed by atoms with van der Waals surface area (Å²) < 4.78 is 1.82. The average molecular weight is 513 g/mol. The van der Waals surface area contributed by atoms with Gasteiger partial charge in [0.1, 0.15) is 16.7 Å². The number of fused-ring (bicyclic) bond motifs is 4. The number of para-hydroxylation sites is 1. The van der Waals surface area contributed by atoms with E-state index < -0.39 is 11.4 Å². The van der Waals surface area contributed by atoms with Crippen molar-refractivity contribution in [3.05, 3.63) is 75.3 Å². The molecule has 9 nitrogen and oxygen atoms in total. The van der Waals surface area contributed by atoms with Crippen molar-refractivity contribution in [2.75, 3.05) is 19.6 Å². The Morgan fingerprint density at radius 3 is 2.68 bits per heavy atom. The van der Waals surface area contributed by atoms with Crippen LogP contribution in [-0.2, 0) is 24.3 Å². The number of carbonyl (C=O) groups is 2. The van der Waals surface area contributed by atoms with Crippen LogP contribution in [0.15, 0.2) is 47.4 Å². The number of pyridine rings is 2. The molecule has 0 radical (unpaired) electrons. The van der Waals surface area contributed by atoms with Crippen molar-refractivity contribution < 1.29 is 9.59 Å². The fourth-order valence-electron chi connectivity index (χ4n) is 5.96. The lowest BCUT2D eigenvalue weighted by molar-refractivity contribution is -0.140. The van der Waals surface area contributed by atoms with Gasteiger partial charge in [-0.1, -0.05) is 18.2 Å². The van der Waals surface area contributed by atoms with Gasteiger partial charge in [-0.15, -0.1) is 0 Å². The van der Waals surface area contributed by atoms with Crippen molar-refractivity contribution in [3.63, 3.8) is 0 Å². The third-order valence-electron chi connectivity index (χ3n) is 8.04. The van der Waals surface area contributed by atoms with Gasteiger partial charge in [-0.3, -0.25) is 14.4 Å². The van der Waals surface area contributed by atoms with E-state index in [1.807, 2.05) is 35.4 Å². The normalized spacial score (nSPS) is 16.9. The van der Waals surface area contributed by atoms with Gasteiger partial charge < -0.3 is 25.1 Å². The van der Waals surface area contributed by atoms with Crippen molar-refractivity contribution in [2.45, 2.75) is 51.7 Å². The molecule has 9 heteroatoms. The first-order chi connectivity index (χ1) is 18.4. The molecule has 0 aliphatic carbocycles. The zero-order chi connectivity index (χ0) is 26.4. The second-order valence-corrected chi connectivity index (χ2v) is 10.4. The summed E-state index contributed by atoms with van der Waals surface area (Å²) in [6, 6.07) is 11.7. The van der Waals surface area contributed by atoms with Gasteiger partial charge in [0, 0.05) is 41.6 Å². The highest BCUT2D eigenvalue weighted by Gasteiger charge is 2.44. The van der Waals surface area contributed by atoms with Crippen LogP contribution in [0.1, 0.15) is 47.1 Å². The number of amides is 2. The standard InChI is InChI=1S/C29H32N6O3/c1-3-34-16-22(25(36)21-9-8-18(2)31-26(21)34)27(37)33-29(11-13-30-14-12-29)28(38)35-15-10-20-19-6-4-5-7-23(19)32-24(20)17-35/h4-9,16,30,32H,3,10-15,17H2,1-2H3,(H,33,37). The highest BCUT2D eigenvalue weighted by molar-refractivity contribution is 6.01. The summed E-state index contributed by atoms with van der Waals surface area (Å²) >= 11 is 0. The Morgan fingerprint density at radius 1 is 1.11 bits per heavy atom. The monoisotopic (exact) mass is 512 g/mol. The van der Waals surface area contributed by atoms with E-state index in [0.717, 1.165) is 23.3 Å². The molecule has 38 heavy (non-hydrogen) atoms. The molecule has 0 saturated carbocycles. The van der Waals surface area contributed by atoms with Crippen LogP contribution < -0.4 is 16.1 Å². The lowest BCUT2D eigenvalue weighted by Crippen LogP contribution is -2.64. The molecule has 0 unspecified atom stereocenters. The zero-order valence-corrected chi connectivity index (χ0v) is 21.8. The molecular formula is C29H32N6O3. The van der Waals surface area contributed by atoms with E-state index in [1.54, 1.807) is 18.3 Å². The van der Waals surface area contributed by atoms with Gasteiger partial charge in [0.15, 0.2) is 0 Å². The molecule has 5 heterocycles. The molecule has 1 fully saturated rings. The average Bonchev–Trinajstić information content (AvgIpc) is 3.31. The number of hydrogen-bond donors (Lipinski definition) is 3. The molecule has 1 saturated heterocycles. The van der Waals surface area contributed by atoms with Crippen LogP contribution >= 0.6 is 0 Å². The fraction of sp³-hybridized carbons (Fsp3) is 0.379. The maximum atomic E-state index is 14.1. The SMILES string of the molecule is CCn1cc(C(=O)NC2(C(=O)N3CCc4c([nH]c5ccccc45)C3)CCNCC2)c(=O)c2ccc(C)nc21.